The van der Waals surface area contributed by atoms with Crippen molar-refractivity contribution >= 4 is 21.5 Å². The number of hydrogen-bond acceptors (Lipinski definition) is 7. The van der Waals surface area contributed by atoms with E-state index in [-0.39, 0.29) is 23.9 Å². The van der Waals surface area contributed by atoms with Crippen LogP contribution in [0, 0.1) is 12.8 Å². The van der Waals surface area contributed by atoms with Crippen LogP contribution in [0.3, 0.4) is 0 Å². The second-order valence-corrected chi connectivity index (χ2v) is 11.8. The summed E-state index contributed by atoms with van der Waals surface area (Å²) in [4.78, 5) is 8.72. The Balaban J connectivity index is 1.31. The molecule has 0 amide bonds. The van der Waals surface area contributed by atoms with Gasteiger partial charge in [-0.3, -0.25) is 4.68 Å². The van der Waals surface area contributed by atoms with Crippen LogP contribution < -0.4 is 9.80 Å². The van der Waals surface area contributed by atoms with Gasteiger partial charge in [0.2, 0.25) is 10.0 Å². The SMILES string of the molecule is Cc1cnc(N2CCCC(Cn3ccnn3)C2)c(S(=O)(=O)N2CCN(c3ccc(C(F)(F)F)cc3)CC2)c1. The molecule has 204 valence electrons. The van der Waals surface area contributed by atoms with Crippen molar-refractivity contribution in [2.24, 2.45) is 5.92 Å². The van der Waals surface area contributed by atoms with E-state index in [9.17, 15) is 21.6 Å². The fourth-order valence-electron chi connectivity index (χ4n) is 5.15. The van der Waals surface area contributed by atoms with Crippen LogP contribution in [0.15, 0.2) is 53.8 Å². The van der Waals surface area contributed by atoms with E-state index < -0.39 is 21.8 Å². The van der Waals surface area contributed by atoms with Gasteiger partial charge in [-0.25, -0.2) is 13.4 Å². The number of aromatic nitrogens is 4. The van der Waals surface area contributed by atoms with Crippen molar-refractivity contribution in [3.63, 3.8) is 0 Å². The minimum atomic E-state index is -4.39. The molecule has 2 aliphatic rings. The lowest BCUT2D eigenvalue weighted by atomic mass is 9.98. The van der Waals surface area contributed by atoms with E-state index in [0.717, 1.165) is 30.5 Å². The van der Waals surface area contributed by atoms with Crippen LogP contribution in [0.5, 0.6) is 0 Å². The number of pyridine rings is 1. The zero-order chi connectivity index (χ0) is 26.9. The summed E-state index contributed by atoms with van der Waals surface area (Å²) in [7, 11) is -3.84. The zero-order valence-corrected chi connectivity index (χ0v) is 21.9. The van der Waals surface area contributed by atoms with Gasteiger partial charge in [-0.15, -0.1) is 5.10 Å². The van der Waals surface area contributed by atoms with Crippen LogP contribution in [-0.4, -0.2) is 72.0 Å². The van der Waals surface area contributed by atoms with Gasteiger partial charge in [0, 0.05) is 63.9 Å². The van der Waals surface area contributed by atoms with Gasteiger partial charge in [-0.05, 0) is 61.6 Å². The van der Waals surface area contributed by atoms with Gasteiger partial charge in [0.05, 0.1) is 11.8 Å². The molecule has 0 aliphatic carbocycles. The number of piperazine rings is 1. The van der Waals surface area contributed by atoms with Crippen LogP contribution >= 0.6 is 0 Å². The van der Waals surface area contributed by atoms with Crippen molar-refractivity contribution < 1.29 is 21.6 Å². The van der Waals surface area contributed by atoms with Gasteiger partial charge in [0.25, 0.3) is 0 Å². The van der Waals surface area contributed by atoms with E-state index in [1.807, 2.05) is 18.0 Å². The summed E-state index contributed by atoms with van der Waals surface area (Å²) < 4.78 is 69.6. The molecule has 1 atom stereocenters. The monoisotopic (exact) mass is 549 g/mol. The second-order valence-electron chi connectivity index (χ2n) is 9.85. The average Bonchev–Trinajstić information content (AvgIpc) is 3.41. The normalized spacial score (nSPS) is 19.6. The van der Waals surface area contributed by atoms with Gasteiger partial charge in [-0.2, -0.15) is 17.5 Å². The molecule has 2 saturated heterocycles. The molecule has 0 spiro atoms. The molecule has 2 fully saturated rings. The second kappa shape index (κ2) is 10.5. The lowest BCUT2D eigenvalue weighted by Gasteiger charge is -2.37. The highest BCUT2D eigenvalue weighted by molar-refractivity contribution is 7.89. The lowest BCUT2D eigenvalue weighted by Crippen LogP contribution is -2.49. The third-order valence-corrected chi connectivity index (χ3v) is 9.02. The Bertz CT molecular complexity index is 1340. The van der Waals surface area contributed by atoms with E-state index in [0.29, 0.717) is 44.2 Å². The number of hydrogen-bond donors (Lipinski definition) is 0. The maximum Gasteiger partial charge on any atom is 0.416 e. The van der Waals surface area contributed by atoms with Crippen molar-refractivity contribution in [2.75, 3.05) is 49.1 Å². The van der Waals surface area contributed by atoms with Gasteiger partial charge < -0.3 is 9.80 Å². The Hall–Kier alpha value is -3.19. The maximum atomic E-state index is 13.8. The first-order chi connectivity index (χ1) is 18.1. The number of sulfonamides is 1. The summed E-state index contributed by atoms with van der Waals surface area (Å²) in [5.41, 5.74) is 0.690. The third-order valence-electron chi connectivity index (χ3n) is 7.12. The molecule has 2 aliphatic heterocycles. The Morgan fingerprint density at radius 1 is 1.03 bits per heavy atom. The van der Waals surface area contributed by atoms with Crippen LogP contribution in [0.2, 0.25) is 0 Å². The van der Waals surface area contributed by atoms with Crippen molar-refractivity contribution in [2.45, 2.75) is 37.4 Å². The Morgan fingerprint density at radius 2 is 1.76 bits per heavy atom. The highest BCUT2D eigenvalue weighted by atomic mass is 32.2. The predicted octanol–water partition coefficient (Wildman–Crippen LogP) is 3.43. The molecule has 4 heterocycles. The van der Waals surface area contributed by atoms with E-state index in [2.05, 4.69) is 20.2 Å². The molecule has 9 nitrogen and oxygen atoms in total. The number of piperidine rings is 1. The molecule has 0 radical (unpaired) electrons. The van der Waals surface area contributed by atoms with Crippen LogP contribution in [0.1, 0.15) is 24.0 Å². The standard InChI is InChI=1S/C25H30F3N7O2S/c1-19-15-23(24(29-16-19)33-9-2-3-20(17-33)18-34-10-8-30-31-34)38(36,37)35-13-11-32(12-14-35)22-6-4-21(5-7-22)25(26,27)28/h4-8,10,15-16,20H,2-3,9,11-14,17-18H2,1H3. The van der Waals surface area contributed by atoms with Crippen LogP contribution in [0.4, 0.5) is 24.7 Å². The fraction of sp³-hybridized carbons (Fsp3) is 0.480. The zero-order valence-electron chi connectivity index (χ0n) is 21.0. The first-order valence-electron chi connectivity index (χ1n) is 12.6. The molecule has 3 aromatic rings. The largest absolute Gasteiger partial charge is 0.416 e. The summed E-state index contributed by atoms with van der Waals surface area (Å²) in [6.45, 7) is 5.12. The summed E-state index contributed by atoms with van der Waals surface area (Å²) in [6.07, 6.45) is 2.69. The molecule has 0 bridgehead atoms. The van der Waals surface area contributed by atoms with E-state index in [1.165, 1.54) is 16.4 Å². The molecule has 13 heteroatoms. The molecule has 5 rings (SSSR count). The molecule has 0 saturated carbocycles. The third kappa shape index (κ3) is 5.63. The molecule has 0 N–H and O–H groups in total. The summed E-state index contributed by atoms with van der Waals surface area (Å²) in [5.74, 6) is 0.750. The number of benzene rings is 1. The molecule has 38 heavy (non-hydrogen) atoms. The van der Waals surface area contributed by atoms with Gasteiger partial charge in [0.1, 0.15) is 10.7 Å². The molecule has 1 aromatic carbocycles. The van der Waals surface area contributed by atoms with Crippen LogP contribution in [0.25, 0.3) is 0 Å². The highest BCUT2D eigenvalue weighted by Gasteiger charge is 2.34. The first-order valence-corrected chi connectivity index (χ1v) is 14.0. The Kier molecular flexibility index (Phi) is 7.32. The van der Waals surface area contributed by atoms with Gasteiger partial charge >= 0.3 is 6.18 Å². The molecular formula is C25H30F3N7O2S. The Labute approximate surface area is 219 Å². The first kappa shape index (κ1) is 26.4. The van der Waals surface area contributed by atoms with Crippen molar-refractivity contribution in [3.8, 4) is 0 Å². The summed E-state index contributed by atoms with van der Waals surface area (Å²) in [5, 5.41) is 7.92. The van der Waals surface area contributed by atoms with E-state index in [4.69, 9.17) is 0 Å². The highest BCUT2D eigenvalue weighted by Crippen LogP contribution is 2.33. The van der Waals surface area contributed by atoms with Crippen LogP contribution in [-0.2, 0) is 22.7 Å². The van der Waals surface area contributed by atoms with Gasteiger partial charge in [0.15, 0.2) is 0 Å². The van der Waals surface area contributed by atoms with Crippen molar-refractivity contribution in [1.29, 1.82) is 0 Å². The Morgan fingerprint density at radius 3 is 2.42 bits per heavy atom. The summed E-state index contributed by atoms with van der Waals surface area (Å²) >= 11 is 0. The average molecular weight is 550 g/mol. The van der Waals surface area contributed by atoms with Gasteiger partial charge in [-0.1, -0.05) is 5.21 Å². The molecular weight excluding hydrogens is 519 g/mol. The van der Waals surface area contributed by atoms with E-state index in [1.54, 1.807) is 23.1 Å². The van der Waals surface area contributed by atoms with Crippen molar-refractivity contribution in [1.82, 2.24) is 24.3 Å². The molecule has 1 unspecified atom stereocenters. The number of halogens is 3. The number of aryl methyl sites for hydroxylation is 1. The minimum absolute atomic E-state index is 0.196. The number of alkyl halides is 3. The summed E-state index contributed by atoms with van der Waals surface area (Å²) in [6, 6.07) is 6.65. The molecule has 2 aromatic heterocycles. The number of rotatable bonds is 6. The topological polar surface area (TPSA) is 87.5 Å². The lowest BCUT2D eigenvalue weighted by molar-refractivity contribution is -0.137. The van der Waals surface area contributed by atoms with E-state index >= 15 is 0 Å². The fourth-order valence-corrected chi connectivity index (χ4v) is 6.82. The predicted molar refractivity (Wildman–Crippen MR) is 136 cm³/mol. The quantitative estimate of drug-likeness (QED) is 0.466. The minimum Gasteiger partial charge on any atom is -0.369 e. The number of nitrogens with zero attached hydrogens (tertiary/aromatic N) is 7. The number of anilines is 2. The maximum absolute atomic E-state index is 13.8. The smallest absolute Gasteiger partial charge is 0.369 e. The van der Waals surface area contributed by atoms with Crippen molar-refractivity contribution in [3.05, 3.63) is 60.0 Å².